The Hall–Kier alpha value is -8.20. The number of nitrogens with zero attached hydrogens (tertiary/aromatic N) is 16. The number of halogens is 2. The van der Waals surface area contributed by atoms with Crippen LogP contribution in [0.2, 0.25) is 0 Å². The highest BCUT2D eigenvalue weighted by Crippen LogP contribution is 2.51. The number of hydrogen-bond donors (Lipinski definition) is 4. The van der Waals surface area contributed by atoms with Gasteiger partial charge in [0, 0.05) is 166 Å². The highest BCUT2D eigenvalue weighted by Gasteiger charge is 2.52. The second-order valence-corrected chi connectivity index (χ2v) is 36.3. The van der Waals surface area contributed by atoms with Crippen molar-refractivity contribution in [3.8, 4) is 33.8 Å². The molecule has 6 aromatic heterocycles. The highest BCUT2D eigenvalue weighted by molar-refractivity contribution is 9.11. The fourth-order valence-electron chi connectivity index (χ4n) is 15.4. The Balaban J connectivity index is 0.762. The first kappa shape index (κ1) is 70.8. The molecule has 2 spiro atoms. The summed E-state index contributed by atoms with van der Waals surface area (Å²) in [6, 6.07) is 16.3. The average Bonchev–Trinajstić information content (AvgIpc) is 1.47. The highest BCUT2D eigenvalue weighted by atomic mass is 79.9. The second kappa shape index (κ2) is 28.4. The van der Waals surface area contributed by atoms with Gasteiger partial charge in [-0.25, -0.2) is 9.97 Å². The van der Waals surface area contributed by atoms with Crippen molar-refractivity contribution in [2.75, 3.05) is 139 Å². The first-order valence-corrected chi connectivity index (χ1v) is 41.0. The van der Waals surface area contributed by atoms with E-state index in [-0.39, 0.29) is 23.2 Å². The predicted molar refractivity (Wildman–Crippen MR) is 412 cm³/mol. The number of hydrogen-bond acceptors (Lipinski definition) is 24. The van der Waals surface area contributed by atoms with Gasteiger partial charge in [0.15, 0.2) is 5.82 Å². The summed E-state index contributed by atoms with van der Waals surface area (Å²) in [6.45, 7) is 17.7. The van der Waals surface area contributed by atoms with Gasteiger partial charge in [0.2, 0.25) is 11.9 Å². The molecule has 4 N–H and O–H groups in total. The topological polar surface area (TPSA) is 271 Å². The van der Waals surface area contributed by atoms with E-state index in [1.807, 2.05) is 67.8 Å². The Morgan fingerprint density at radius 3 is 1.67 bits per heavy atom. The summed E-state index contributed by atoms with van der Waals surface area (Å²) in [5.74, 6) is 2.72. The summed E-state index contributed by atoms with van der Waals surface area (Å²) in [5.41, 5.74) is 11.0. The quantitative estimate of drug-likeness (QED) is 0.0516. The molecule has 0 amide bonds. The van der Waals surface area contributed by atoms with Gasteiger partial charge in [-0.15, -0.1) is 0 Å². The molecule has 4 fully saturated rings. The lowest BCUT2D eigenvalue weighted by Crippen LogP contribution is -2.58. The SMILES string of the molecule is COc1cc(N2CCC3(CC2)CO[C@@H](Cc2nc(Nc4cc(-c5cnn(C)c5)c(N5CCC6(CC5)CN(C(C)C)CCO6)cc4OC)nc(Nc4ccc5nccnc5c4P(C)(C)=O)c2Br)[C@H]3N(C)C)c(-c2cnn(C)c2)cc1Nc1ncc(Br)c(Nc2ccc3nccnc3c2P(C)(C)=O)n1. The van der Waals surface area contributed by atoms with E-state index >= 15 is 0 Å². The zero-order valence-electron chi connectivity index (χ0n) is 59.5. The number of rotatable bonds is 20. The molecule has 102 heavy (non-hydrogen) atoms. The Kier molecular flexibility index (Phi) is 19.8. The molecule has 26 nitrogen and oxygen atoms in total. The van der Waals surface area contributed by atoms with Crippen LogP contribution in [0, 0.1) is 5.41 Å². The van der Waals surface area contributed by atoms with Gasteiger partial charge in [-0.1, -0.05) is 0 Å². The number of methoxy groups -OCH3 is 2. The molecule has 0 saturated carbocycles. The van der Waals surface area contributed by atoms with Crippen molar-refractivity contribution in [3.05, 3.63) is 119 Å². The number of likely N-dealkylation sites (N-methyl/N-ethyl adjacent to an activating group) is 1. The van der Waals surface area contributed by atoms with E-state index in [9.17, 15) is 9.13 Å². The number of anilines is 10. The number of piperidine rings is 2. The van der Waals surface area contributed by atoms with Crippen LogP contribution < -0.4 is 51.1 Å². The van der Waals surface area contributed by atoms with Gasteiger partial charge in [0.25, 0.3) is 0 Å². The van der Waals surface area contributed by atoms with Crippen LogP contribution in [0.15, 0.2) is 113 Å². The summed E-state index contributed by atoms with van der Waals surface area (Å²) in [4.78, 5) is 48.3. The first-order valence-electron chi connectivity index (χ1n) is 34.2. The molecule has 0 radical (unpaired) electrons. The molecule has 14 rings (SSSR count). The van der Waals surface area contributed by atoms with Crippen molar-refractivity contribution in [3.63, 3.8) is 0 Å². The number of aryl methyl sites for hydroxylation is 2. The van der Waals surface area contributed by atoms with Gasteiger partial charge in [-0.05, 0) is 149 Å². The van der Waals surface area contributed by atoms with Crippen molar-refractivity contribution >= 4 is 136 Å². The first-order chi connectivity index (χ1) is 48.9. The Morgan fingerprint density at radius 1 is 0.637 bits per heavy atom. The molecule has 0 unspecified atom stereocenters. The van der Waals surface area contributed by atoms with E-state index in [1.54, 1.807) is 76.5 Å². The zero-order chi connectivity index (χ0) is 71.6. The molecular formula is C72H86Br2N20O6P2. The summed E-state index contributed by atoms with van der Waals surface area (Å²) < 4.78 is 59.3. The van der Waals surface area contributed by atoms with Crippen LogP contribution in [-0.4, -0.2) is 200 Å². The van der Waals surface area contributed by atoms with Crippen LogP contribution in [0.4, 0.5) is 57.7 Å². The van der Waals surface area contributed by atoms with Crippen molar-refractivity contribution < 1.29 is 28.1 Å². The molecule has 4 saturated heterocycles. The van der Waals surface area contributed by atoms with Crippen LogP contribution >= 0.6 is 46.1 Å². The van der Waals surface area contributed by atoms with E-state index in [4.69, 9.17) is 38.9 Å². The standard InChI is InChI=1S/C72H86Br2N20O6P2/c1-43(2)94-29-30-100-72(41-94)19-27-93(28-20-72)57-35-59(98-8)54(32-47(57)45-37-81-91(6)40-45)85-70-86-55(61(74)68(88-70)83-52-16-14-50-63(78-24-22-76-50)65(52)102(11,12)96)33-60-66(89(3)4)71(42-99-60)17-25-92(26-18-71)56-34-58(97-7)53(31-46(56)44-36-80-90(5)39-44)84-69-79-38-48(73)67(87-69)82-51-15-13-49-62(77-23-21-75-49)64(51)101(9,10)95/h13-16,21-24,31-32,34-40,43,60,66H,17-20,25-30,33,41-42H2,1-12H3,(H2,79,82,84,87)(H2,83,85,86,88)/t60-,66+/m0/s1. The van der Waals surface area contributed by atoms with Crippen molar-refractivity contribution in [2.45, 2.75) is 69.7 Å². The van der Waals surface area contributed by atoms with Crippen LogP contribution in [-0.2, 0) is 39.1 Å². The normalized spacial score (nSPS) is 17.9. The number of fused-ring (bicyclic) bond motifs is 2. The molecule has 4 aliphatic rings. The average molecular weight is 1550 g/mol. The van der Waals surface area contributed by atoms with E-state index in [2.05, 4.69) is 155 Å². The molecule has 30 heteroatoms. The minimum absolute atomic E-state index is 0.0247. The van der Waals surface area contributed by atoms with Crippen LogP contribution in [0.5, 0.6) is 11.5 Å². The lowest BCUT2D eigenvalue weighted by atomic mass is 9.71. The molecular weight excluding hydrogens is 1460 g/mol. The Labute approximate surface area is 610 Å². The third-order valence-electron chi connectivity index (χ3n) is 20.3. The fraction of sp³-hybridized carbons (Fsp3) is 0.417. The van der Waals surface area contributed by atoms with E-state index < -0.39 is 14.3 Å². The predicted octanol–water partition coefficient (Wildman–Crippen LogP) is 12.2. The molecule has 2 atom stereocenters. The molecule has 534 valence electrons. The number of aromatic nitrogens is 12. The lowest BCUT2D eigenvalue weighted by molar-refractivity contribution is -0.127. The zero-order valence-corrected chi connectivity index (χ0v) is 64.5. The fourth-order valence-corrected chi connectivity index (χ4v) is 18.9. The maximum absolute atomic E-state index is 14.4. The largest absolute Gasteiger partial charge is 0.494 e. The number of nitrogens with one attached hydrogen (secondary N) is 4. The minimum Gasteiger partial charge on any atom is -0.494 e. The van der Waals surface area contributed by atoms with Crippen LogP contribution in [0.3, 0.4) is 0 Å². The summed E-state index contributed by atoms with van der Waals surface area (Å²) in [5, 5.41) is 24.6. The monoisotopic (exact) mass is 1550 g/mol. The van der Waals surface area contributed by atoms with Gasteiger partial charge in [0.1, 0.15) is 42.6 Å². The van der Waals surface area contributed by atoms with Crippen molar-refractivity contribution in [1.82, 2.24) is 69.2 Å². The molecule has 4 aromatic carbocycles. The molecule has 10 aromatic rings. The Bertz CT molecular complexity index is 4910. The smallest absolute Gasteiger partial charge is 0.229 e. The summed E-state index contributed by atoms with van der Waals surface area (Å²) in [6.07, 6.45) is 19.6. The second-order valence-electron chi connectivity index (χ2n) is 28.4. The van der Waals surface area contributed by atoms with Gasteiger partial charge >= 0.3 is 0 Å². The third-order valence-corrected chi connectivity index (χ3v) is 24.7. The summed E-state index contributed by atoms with van der Waals surface area (Å²) >= 11 is 7.70. The molecule has 0 aliphatic carbocycles. The number of morpholine rings is 1. The molecule has 0 bridgehead atoms. The van der Waals surface area contributed by atoms with Crippen molar-refractivity contribution in [2.24, 2.45) is 19.5 Å². The molecule has 10 heterocycles. The van der Waals surface area contributed by atoms with Crippen LogP contribution in [0.25, 0.3) is 44.3 Å². The van der Waals surface area contributed by atoms with Gasteiger partial charge in [-0.3, -0.25) is 34.2 Å². The van der Waals surface area contributed by atoms with E-state index in [1.165, 1.54) is 0 Å². The van der Waals surface area contributed by atoms with E-state index in [0.717, 1.165) is 105 Å². The third kappa shape index (κ3) is 14.2. The van der Waals surface area contributed by atoms with Crippen LogP contribution in [0.1, 0.15) is 45.2 Å². The summed E-state index contributed by atoms with van der Waals surface area (Å²) in [7, 11) is 5.62. The maximum Gasteiger partial charge on any atom is 0.229 e. The van der Waals surface area contributed by atoms with Gasteiger partial charge in [-0.2, -0.15) is 20.2 Å². The van der Waals surface area contributed by atoms with Gasteiger partial charge < -0.3 is 64.0 Å². The number of benzene rings is 4. The Morgan fingerprint density at radius 2 is 1.16 bits per heavy atom. The van der Waals surface area contributed by atoms with E-state index in [0.29, 0.717) is 124 Å². The van der Waals surface area contributed by atoms with Gasteiger partial charge in [0.05, 0.1) is 111 Å². The minimum atomic E-state index is -2.99. The molecule has 4 aliphatic heterocycles. The van der Waals surface area contributed by atoms with Crippen molar-refractivity contribution in [1.29, 1.82) is 0 Å². The lowest BCUT2D eigenvalue weighted by Gasteiger charge is -2.49. The number of ether oxygens (including phenoxy) is 4. The maximum atomic E-state index is 14.4.